The molecule has 9 heteroatoms. The van der Waals surface area contributed by atoms with Crippen molar-refractivity contribution in [2.24, 2.45) is 7.05 Å². The number of fused-ring (bicyclic) bond motifs is 1. The third-order valence-corrected chi connectivity index (χ3v) is 4.19. The van der Waals surface area contributed by atoms with Crippen molar-refractivity contribution in [1.29, 1.82) is 0 Å². The maximum absolute atomic E-state index is 13.1. The van der Waals surface area contributed by atoms with Gasteiger partial charge in [-0.25, -0.2) is 9.18 Å². The average Bonchev–Trinajstić information content (AvgIpc) is 3.00. The van der Waals surface area contributed by atoms with E-state index in [1.54, 1.807) is 16.7 Å². The summed E-state index contributed by atoms with van der Waals surface area (Å²) >= 11 is 0. The van der Waals surface area contributed by atoms with E-state index in [0.29, 0.717) is 6.42 Å². The van der Waals surface area contributed by atoms with Crippen molar-refractivity contribution in [2.45, 2.75) is 19.5 Å². The minimum Gasteiger partial charge on any atom is -0.468 e. The van der Waals surface area contributed by atoms with Crippen molar-refractivity contribution < 1.29 is 14.2 Å². The normalized spacial score (nSPS) is 11.2. The number of hydrogen-bond acceptors (Lipinski definition) is 4. The second kappa shape index (κ2) is 7.12. The van der Waals surface area contributed by atoms with Gasteiger partial charge in [-0.2, -0.15) is 4.98 Å². The predicted molar refractivity (Wildman–Crippen MR) is 94.4 cm³/mol. The number of aromatic nitrogens is 4. The smallest absolute Gasteiger partial charge is 0.332 e. The molecule has 0 saturated carbocycles. The van der Waals surface area contributed by atoms with E-state index in [-0.39, 0.29) is 42.7 Å². The Morgan fingerprint density at radius 1 is 1.19 bits per heavy atom. The molecular weight excluding hydrogens is 343 g/mol. The molecule has 1 aromatic carbocycles. The fraction of sp³-hybridized carbons (Fsp3) is 0.353. The molecule has 8 nitrogen and oxygen atoms in total. The maximum Gasteiger partial charge on any atom is 0.332 e. The van der Waals surface area contributed by atoms with Crippen LogP contribution in [0.2, 0.25) is 0 Å². The number of ether oxygens (including phenoxy) is 1. The Labute approximate surface area is 147 Å². The van der Waals surface area contributed by atoms with Crippen LogP contribution >= 0.6 is 0 Å². The summed E-state index contributed by atoms with van der Waals surface area (Å²) in [5.41, 5.74) is 0.258. The van der Waals surface area contributed by atoms with E-state index in [9.17, 15) is 14.0 Å². The number of nitrogens with zero attached hydrogens (tertiary/aromatic N) is 4. The summed E-state index contributed by atoms with van der Waals surface area (Å²) in [6.45, 7) is 0.520. The van der Waals surface area contributed by atoms with E-state index in [0.717, 1.165) is 10.1 Å². The van der Waals surface area contributed by atoms with Gasteiger partial charge in [0.1, 0.15) is 12.4 Å². The van der Waals surface area contributed by atoms with Crippen molar-refractivity contribution >= 4 is 11.2 Å². The van der Waals surface area contributed by atoms with Crippen LogP contribution in [0, 0.1) is 5.82 Å². The average molecular weight is 363 g/mol. The van der Waals surface area contributed by atoms with E-state index in [2.05, 4.69) is 4.98 Å². The topological polar surface area (TPSA) is 94.0 Å². The summed E-state index contributed by atoms with van der Waals surface area (Å²) in [6.07, 6.45) is 0.393. The van der Waals surface area contributed by atoms with Crippen molar-refractivity contribution in [3.05, 3.63) is 56.5 Å². The molecule has 26 heavy (non-hydrogen) atoms. The predicted octanol–water partition coefficient (Wildman–Crippen LogP) is 0.207. The second-order valence-corrected chi connectivity index (χ2v) is 5.89. The van der Waals surface area contributed by atoms with Crippen LogP contribution in [0.4, 0.5) is 4.39 Å². The number of methoxy groups -OCH3 is 1. The highest BCUT2D eigenvalue weighted by atomic mass is 19.1. The lowest BCUT2D eigenvalue weighted by Crippen LogP contribution is -2.39. The number of aryl methyl sites for hydroxylation is 1. The van der Waals surface area contributed by atoms with E-state index in [1.165, 1.54) is 30.9 Å². The molecule has 0 aliphatic rings. The van der Waals surface area contributed by atoms with Gasteiger partial charge in [-0.3, -0.25) is 18.5 Å². The molecule has 138 valence electrons. The lowest BCUT2D eigenvalue weighted by Gasteiger charge is -2.10. The van der Waals surface area contributed by atoms with Crippen LogP contribution in [-0.4, -0.2) is 37.5 Å². The van der Waals surface area contributed by atoms with Crippen LogP contribution < -0.4 is 16.0 Å². The molecule has 0 amide bonds. The quantitative estimate of drug-likeness (QED) is 0.585. The van der Waals surface area contributed by atoms with Crippen molar-refractivity contribution in [1.82, 2.24) is 18.7 Å². The minimum atomic E-state index is -0.481. The first-order chi connectivity index (χ1) is 12.5. The molecule has 2 heterocycles. The molecule has 0 fully saturated rings. The van der Waals surface area contributed by atoms with E-state index in [4.69, 9.17) is 9.84 Å². The highest BCUT2D eigenvalue weighted by Gasteiger charge is 2.21. The van der Waals surface area contributed by atoms with Gasteiger partial charge in [-0.15, -0.1) is 0 Å². The molecular formula is C17H20FN4O4+. The molecule has 3 aromatic rings. The number of imidazole rings is 1. The van der Waals surface area contributed by atoms with Crippen LogP contribution in [0.25, 0.3) is 11.2 Å². The summed E-state index contributed by atoms with van der Waals surface area (Å²) in [6, 6.07) is 6.09. The van der Waals surface area contributed by atoms with Gasteiger partial charge in [0.05, 0.1) is 13.7 Å². The highest BCUT2D eigenvalue weighted by Crippen LogP contribution is 2.19. The highest BCUT2D eigenvalue weighted by molar-refractivity contribution is 5.72. The first-order valence-electron chi connectivity index (χ1n) is 8.11. The zero-order chi connectivity index (χ0) is 18.8. The van der Waals surface area contributed by atoms with Crippen LogP contribution in [-0.2, 0) is 20.1 Å². The van der Waals surface area contributed by atoms with Gasteiger partial charge in [-0.1, -0.05) is 12.1 Å². The van der Waals surface area contributed by atoms with Gasteiger partial charge >= 0.3 is 5.69 Å². The van der Waals surface area contributed by atoms with Gasteiger partial charge in [0.15, 0.2) is 11.2 Å². The zero-order valence-corrected chi connectivity index (χ0v) is 14.5. The van der Waals surface area contributed by atoms with Gasteiger partial charge < -0.3 is 9.84 Å². The molecule has 0 atom stereocenters. The van der Waals surface area contributed by atoms with E-state index < -0.39 is 11.2 Å². The fourth-order valence-electron chi connectivity index (χ4n) is 2.86. The number of halogens is 1. The van der Waals surface area contributed by atoms with E-state index in [1.807, 2.05) is 0 Å². The van der Waals surface area contributed by atoms with Crippen molar-refractivity contribution in [3.8, 4) is 6.01 Å². The monoisotopic (exact) mass is 363 g/mol. The molecule has 0 spiro atoms. The lowest BCUT2D eigenvalue weighted by molar-refractivity contribution is 0.277. The Morgan fingerprint density at radius 2 is 1.88 bits per heavy atom. The van der Waals surface area contributed by atoms with Crippen LogP contribution in [0.1, 0.15) is 12.0 Å². The van der Waals surface area contributed by atoms with Gasteiger partial charge in [0, 0.05) is 20.0 Å². The molecule has 0 aliphatic heterocycles. The SMILES string of the molecule is COc1nc2c(c(=O)n(CCC[OH2+])c(=O)n2C)n1Cc1ccc(F)cc1. The lowest BCUT2D eigenvalue weighted by atomic mass is 10.2. The molecule has 2 N–H and O–H groups in total. The minimum absolute atomic E-state index is 0.117. The van der Waals surface area contributed by atoms with Gasteiger partial charge in [0.2, 0.25) is 0 Å². The Bertz CT molecular complexity index is 1050. The summed E-state index contributed by atoms with van der Waals surface area (Å²) in [5, 5.41) is 7.26. The first kappa shape index (κ1) is 17.9. The molecule has 2 aromatic heterocycles. The van der Waals surface area contributed by atoms with Gasteiger partial charge in [-0.05, 0) is 17.7 Å². The van der Waals surface area contributed by atoms with Crippen molar-refractivity contribution in [3.63, 3.8) is 0 Å². The third-order valence-electron chi connectivity index (χ3n) is 4.19. The Balaban J connectivity index is 2.24. The van der Waals surface area contributed by atoms with Crippen LogP contribution in [0.3, 0.4) is 0 Å². The van der Waals surface area contributed by atoms with Gasteiger partial charge in [0.25, 0.3) is 11.6 Å². The maximum atomic E-state index is 13.1. The first-order valence-corrected chi connectivity index (χ1v) is 8.11. The fourth-order valence-corrected chi connectivity index (χ4v) is 2.86. The Hall–Kier alpha value is -2.94. The largest absolute Gasteiger partial charge is 0.468 e. The molecule has 0 unspecified atom stereocenters. The summed E-state index contributed by atoms with van der Waals surface area (Å²) in [4.78, 5) is 29.6. The summed E-state index contributed by atoms with van der Waals surface area (Å²) in [7, 11) is 2.97. The van der Waals surface area contributed by atoms with Crippen molar-refractivity contribution in [2.75, 3.05) is 13.7 Å². The number of rotatable bonds is 6. The number of benzene rings is 1. The summed E-state index contributed by atoms with van der Waals surface area (Å²) < 4.78 is 22.4. The number of hydrogen-bond donors (Lipinski definition) is 0. The Morgan fingerprint density at radius 3 is 2.50 bits per heavy atom. The molecule has 0 saturated heterocycles. The molecule has 3 rings (SSSR count). The molecule has 0 radical (unpaired) electrons. The summed E-state index contributed by atoms with van der Waals surface area (Å²) in [5.74, 6) is -0.351. The standard InChI is InChI=1S/C17H19FN4O4/c1-20-14-13(15(24)21(17(20)25)8-3-9-23)22(16(19-14)26-2)10-11-4-6-12(18)7-5-11/h4-7,23H,3,8-10H2,1-2H3/p+1. The van der Waals surface area contributed by atoms with Crippen LogP contribution in [0.15, 0.2) is 33.9 Å². The Kier molecular flexibility index (Phi) is 4.90. The van der Waals surface area contributed by atoms with Crippen LogP contribution in [0.5, 0.6) is 6.01 Å². The third kappa shape index (κ3) is 3.01. The van der Waals surface area contributed by atoms with E-state index >= 15 is 0 Å². The molecule has 0 aliphatic carbocycles. The molecule has 0 bridgehead atoms. The second-order valence-electron chi connectivity index (χ2n) is 5.89. The zero-order valence-electron chi connectivity index (χ0n) is 14.5.